The molecule has 0 spiro atoms. The number of nitrogens with zero attached hydrogens (tertiary/aromatic N) is 2. The van der Waals surface area contributed by atoms with E-state index < -0.39 is 11.6 Å². The molecule has 2 rings (SSSR count). The molecule has 0 saturated carbocycles. The van der Waals surface area contributed by atoms with Gasteiger partial charge in [0, 0.05) is 39.8 Å². The summed E-state index contributed by atoms with van der Waals surface area (Å²) in [5.41, 5.74) is 0.355. The first-order valence-corrected chi connectivity index (χ1v) is 9.21. The summed E-state index contributed by atoms with van der Waals surface area (Å²) in [7, 11) is 1.69. The molecule has 1 aromatic carbocycles. The van der Waals surface area contributed by atoms with E-state index in [2.05, 4.69) is 34.4 Å². The predicted octanol–water partition coefficient (Wildman–Crippen LogP) is 2.65. The highest BCUT2D eigenvalue weighted by molar-refractivity contribution is 14.0. The summed E-state index contributed by atoms with van der Waals surface area (Å²) in [6.07, 6.45) is 0.494. The minimum Gasteiger partial charge on any atom is -0.374 e. The Hall–Kier alpha value is -1.00. The number of hydrogen-bond acceptors (Lipinski definition) is 3. The zero-order chi connectivity index (χ0) is 18.9. The van der Waals surface area contributed by atoms with Gasteiger partial charge in [0.05, 0.1) is 12.7 Å². The Morgan fingerprint density at radius 1 is 1.33 bits per heavy atom. The standard InChI is InChI=1S/C19H30F2N4O.HI/c1-14(2)12-25-9-10-26-16(13-25)11-24-19(22-3)23-8-7-15-5-4-6-17(20)18(15)21;/h4-6,14,16H,7-13H2,1-3H3,(H2,22,23,24);1H. The van der Waals surface area contributed by atoms with Crippen LogP contribution in [0.3, 0.4) is 0 Å². The highest BCUT2D eigenvalue weighted by Crippen LogP contribution is 2.11. The van der Waals surface area contributed by atoms with Crippen LogP contribution in [0.2, 0.25) is 0 Å². The second-order valence-corrected chi connectivity index (χ2v) is 6.99. The molecule has 1 fully saturated rings. The van der Waals surface area contributed by atoms with Gasteiger partial charge in [0.2, 0.25) is 0 Å². The lowest BCUT2D eigenvalue weighted by molar-refractivity contribution is -0.0284. The lowest BCUT2D eigenvalue weighted by Crippen LogP contribution is -2.50. The van der Waals surface area contributed by atoms with Crippen LogP contribution in [0.5, 0.6) is 0 Å². The largest absolute Gasteiger partial charge is 0.374 e. The van der Waals surface area contributed by atoms with Crippen LogP contribution in [0.25, 0.3) is 0 Å². The third-order valence-corrected chi connectivity index (χ3v) is 4.29. The first-order valence-electron chi connectivity index (χ1n) is 9.21. The Kier molecular flexibility index (Phi) is 11.1. The maximum absolute atomic E-state index is 13.7. The second kappa shape index (κ2) is 12.5. The molecule has 0 bridgehead atoms. The van der Waals surface area contributed by atoms with E-state index in [1.54, 1.807) is 13.1 Å². The molecule has 0 radical (unpaired) electrons. The Morgan fingerprint density at radius 2 is 2.11 bits per heavy atom. The summed E-state index contributed by atoms with van der Waals surface area (Å²) >= 11 is 0. The summed E-state index contributed by atoms with van der Waals surface area (Å²) in [6, 6.07) is 4.24. The molecule has 1 unspecified atom stereocenters. The van der Waals surface area contributed by atoms with Gasteiger partial charge >= 0.3 is 0 Å². The van der Waals surface area contributed by atoms with E-state index in [1.807, 2.05) is 0 Å². The molecule has 154 valence electrons. The molecule has 5 nitrogen and oxygen atoms in total. The van der Waals surface area contributed by atoms with Crippen molar-refractivity contribution in [2.24, 2.45) is 10.9 Å². The molecule has 8 heteroatoms. The average molecular weight is 496 g/mol. The fourth-order valence-corrected chi connectivity index (χ4v) is 3.07. The molecular formula is C19H31F2IN4O. The zero-order valence-electron chi connectivity index (χ0n) is 16.3. The minimum absolute atomic E-state index is 0. The topological polar surface area (TPSA) is 48.9 Å². The fourth-order valence-electron chi connectivity index (χ4n) is 3.07. The Morgan fingerprint density at radius 3 is 2.81 bits per heavy atom. The monoisotopic (exact) mass is 496 g/mol. The van der Waals surface area contributed by atoms with Gasteiger partial charge in [0.1, 0.15) is 0 Å². The Bertz CT molecular complexity index is 601. The van der Waals surface area contributed by atoms with Crippen molar-refractivity contribution in [1.29, 1.82) is 0 Å². The number of nitrogens with one attached hydrogen (secondary N) is 2. The molecule has 1 aliphatic heterocycles. The summed E-state index contributed by atoms with van der Waals surface area (Å²) in [5, 5.41) is 6.37. The lowest BCUT2D eigenvalue weighted by atomic mass is 10.1. The van der Waals surface area contributed by atoms with Gasteiger partial charge in [-0.15, -0.1) is 24.0 Å². The van der Waals surface area contributed by atoms with Crippen molar-refractivity contribution < 1.29 is 13.5 Å². The van der Waals surface area contributed by atoms with E-state index in [0.717, 1.165) is 32.3 Å². The van der Waals surface area contributed by atoms with Gasteiger partial charge < -0.3 is 15.4 Å². The minimum atomic E-state index is -0.814. The van der Waals surface area contributed by atoms with Gasteiger partial charge in [0.25, 0.3) is 0 Å². The van der Waals surface area contributed by atoms with E-state index >= 15 is 0 Å². The first-order chi connectivity index (χ1) is 12.5. The number of ether oxygens (including phenoxy) is 1. The number of hydrogen-bond donors (Lipinski definition) is 2. The molecule has 2 N–H and O–H groups in total. The van der Waals surface area contributed by atoms with E-state index in [1.165, 1.54) is 6.07 Å². The quantitative estimate of drug-likeness (QED) is 0.347. The highest BCUT2D eigenvalue weighted by atomic mass is 127. The number of aliphatic imine (C=N–C) groups is 1. The van der Waals surface area contributed by atoms with Crippen LogP contribution in [0.4, 0.5) is 8.78 Å². The van der Waals surface area contributed by atoms with E-state index in [4.69, 9.17) is 4.74 Å². The molecule has 1 atom stereocenters. The van der Waals surface area contributed by atoms with Crippen molar-refractivity contribution in [2.45, 2.75) is 26.4 Å². The van der Waals surface area contributed by atoms with Crippen molar-refractivity contribution in [3.05, 3.63) is 35.4 Å². The average Bonchev–Trinajstić information content (AvgIpc) is 2.61. The van der Waals surface area contributed by atoms with Crippen LogP contribution in [-0.2, 0) is 11.2 Å². The molecule has 1 aromatic rings. The number of guanidine groups is 1. The van der Waals surface area contributed by atoms with Crippen LogP contribution in [0, 0.1) is 17.6 Å². The third kappa shape index (κ3) is 8.27. The van der Waals surface area contributed by atoms with Crippen molar-refractivity contribution >= 4 is 29.9 Å². The highest BCUT2D eigenvalue weighted by Gasteiger charge is 2.21. The van der Waals surface area contributed by atoms with Gasteiger partial charge in [-0.3, -0.25) is 9.89 Å². The molecule has 1 aliphatic rings. The summed E-state index contributed by atoms with van der Waals surface area (Å²) in [6.45, 7) is 9.24. The molecule has 27 heavy (non-hydrogen) atoms. The van der Waals surface area contributed by atoms with Crippen LogP contribution in [0.1, 0.15) is 19.4 Å². The molecule has 0 amide bonds. The molecular weight excluding hydrogens is 465 g/mol. The fraction of sp³-hybridized carbons (Fsp3) is 0.632. The number of benzene rings is 1. The first kappa shape index (κ1) is 24.0. The van der Waals surface area contributed by atoms with Crippen LogP contribution in [0.15, 0.2) is 23.2 Å². The summed E-state index contributed by atoms with van der Waals surface area (Å²) < 4.78 is 32.7. The number of morpholine rings is 1. The summed E-state index contributed by atoms with van der Waals surface area (Å²) in [4.78, 5) is 6.59. The Labute approximate surface area is 178 Å². The van der Waals surface area contributed by atoms with E-state index in [-0.39, 0.29) is 30.1 Å². The number of halogens is 3. The summed E-state index contributed by atoms with van der Waals surface area (Å²) in [5.74, 6) is -0.325. The molecule has 1 saturated heterocycles. The van der Waals surface area contributed by atoms with E-state index in [9.17, 15) is 8.78 Å². The molecule has 1 heterocycles. The zero-order valence-corrected chi connectivity index (χ0v) is 18.6. The lowest BCUT2D eigenvalue weighted by Gasteiger charge is -2.34. The van der Waals surface area contributed by atoms with Gasteiger partial charge in [-0.25, -0.2) is 8.78 Å². The molecule has 0 aliphatic carbocycles. The van der Waals surface area contributed by atoms with Crippen molar-refractivity contribution in [1.82, 2.24) is 15.5 Å². The van der Waals surface area contributed by atoms with Crippen LogP contribution < -0.4 is 10.6 Å². The molecule has 0 aromatic heterocycles. The maximum atomic E-state index is 13.7. The van der Waals surface area contributed by atoms with Crippen LogP contribution in [-0.4, -0.2) is 63.3 Å². The van der Waals surface area contributed by atoms with Gasteiger partial charge in [-0.1, -0.05) is 26.0 Å². The van der Waals surface area contributed by atoms with E-state index in [0.29, 0.717) is 37.0 Å². The van der Waals surface area contributed by atoms with Gasteiger partial charge in [-0.05, 0) is 24.0 Å². The van der Waals surface area contributed by atoms with Crippen LogP contribution >= 0.6 is 24.0 Å². The van der Waals surface area contributed by atoms with Crippen molar-refractivity contribution in [3.63, 3.8) is 0 Å². The maximum Gasteiger partial charge on any atom is 0.191 e. The number of rotatable bonds is 7. The van der Waals surface area contributed by atoms with Crippen molar-refractivity contribution in [3.8, 4) is 0 Å². The third-order valence-electron chi connectivity index (χ3n) is 4.29. The SMILES string of the molecule is CN=C(NCCc1cccc(F)c1F)NCC1CN(CC(C)C)CCO1.I. The van der Waals surface area contributed by atoms with Gasteiger partial charge in [0.15, 0.2) is 17.6 Å². The Balaban J connectivity index is 0.00000364. The predicted molar refractivity (Wildman–Crippen MR) is 116 cm³/mol. The second-order valence-electron chi connectivity index (χ2n) is 6.99. The van der Waals surface area contributed by atoms with Gasteiger partial charge in [-0.2, -0.15) is 0 Å². The van der Waals surface area contributed by atoms with Crippen molar-refractivity contribution in [2.75, 3.05) is 46.4 Å². The smallest absolute Gasteiger partial charge is 0.191 e. The normalized spacial score (nSPS) is 18.3.